The molecule has 6 aromatic carbocycles. The van der Waals surface area contributed by atoms with Crippen LogP contribution >= 0.6 is 0 Å². The van der Waals surface area contributed by atoms with Crippen molar-refractivity contribution in [2.45, 2.75) is 0 Å². The van der Waals surface area contributed by atoms with Crippen LogP contribution in [0.4, 0.5) is 0 Å². The van der Waals surface area contributed by atoms with E-state index in [1.807, 2.05) is 18.3 Å². The number of fused-ring (bicyclic) bond motifs is 6. The number of hydrogen-bond donors (Lipinski definition) is 0. The summed E-state index contributed by atoms with van der Waals surface area (Å²) in [6, 6.07) is 56.5. The van der Waals surface area contributed by atoms with Crippen LogP contribution in [0.15, 0.2) is 164 Å². The zero-order chi connectivity index (χ0) is 29.0. The lowest BCUT2D eigenvalue weighted by Crippen LogP contribution is -1.98. The molecule has 0 N–H and O–H groups in total. The molecule has 0 spiro atoms. The summed E-state index contributed by atoms with van der Waals surface area (Å²) in [6.07, 6.45) is 1.85. The first-order valence-electron chi connectivity index (χ1n) is 15.0. The van der Waals surface area contributed by atoms with E-state index in [0.29, 0.717) is 0 Å². The second kappa shape index (κ2) is 9.82. The van der Waals surface area contributed by atoms with Crippen molar-refractivity contribution in [1.82, 2.24) is 14.1 Å². The highest BCUT2D eigenvalue weighted by Gasteiger charge is 2.16. The van der Waals surface area contributed by atoms with Gasteiger partial charge in [-0.3, -0.25) is 4.98 Å². The highest BCUT2D eigenvalue weighted by atomic mass is 15.0. The molecule has 9 aromatic rings. The molecule has 0 saturated heterocycles. The first-order valence-corrected chi connectivity index (χ1v) is 15.0. The van der Waals surface area contributed by atoms with Gasteiger partial charge in [-0.05, 0) is 77.9 Å². The summed E-state index contributed by atoms with van der Waals surface area (Å²) in [5.74, 6) is 0. The van der Waals surface area contributed by atoms with E-state index in [0.717, 1.165) is 22.6 Å². The lowest BCUT2D eigenvalue weighted by atomic mass is 9.99. The van der Waals surface area contributed by atoms with Crippen molar-refractivity contribution in [2.24, 2.45) is 0 Å². The summed E-state index contributed by atoms with van der Waals surface area (Å²) >= 11 is 0. The second-order valence-corrected chi connectivity index (χ2v) is 11.3. The Morgan fingerprint density at radius 2 is 0.864 bits per heavy atom. The molecule has 0 amide bonds. The van der Waals surface area contributed by atoms with E-state index in [1.165, 1.54) is 54.7 Å². The van der Waals surface area contributed by atoms with Crippen molar-refractivity contribution in [2.75, 3.05) is 0 Å². The molecule has 0 bridgehead atoms. The van der Waals surface area contributed by atoms with Gasteiger partial charge < -0.3 is 9.13 Å². The maximum Gasteiger partial charge on any atom is 0.0702 e. The summed E-state index contributed by atoms with van der Waals surface area (Å²) in [4.78, 5) is 4.57. The minimum absolute atomic E-state index is 0.982. The quantitative estimate of drug-likeness (QED) is 0.210. The van der Waals surface area contributed by atoms with Crippen LogP contribution < -0.4 is 0 Å². The normalized spacial score (nSPS) is 11.6. The molecule has 0 aliphatic rings. The fourth-order valence-electron chi connectivity index (χ4n) is 6.79. The van der Waals surface area contributed by atoms with Crippen molar-refractivity contribution in [3.8, 4) is 33.8 Å². The van der Waals surface area contributed by atoms with Crippen LogP contribution in [-0.4, -0.2) is 14.1 Å². The average molecular weight is 562 g/mol. The number of benzene rings is 6. The monoisotopic (exact) mass is 561 g/mol. The summed E-state index contributed by atoms with van der Waals surface area (Å²) in [5, 5.41) is 5.02. The van der Waals surface area contributed by atoms with Crippen LogP contribution in [0.3, 0.4) is 0 Å². The van der Waals surface area contributed by atoms with Gasteiger partial charge in [0.2, 0.25) is 0 Å². The molecule has 0 aliphatic heterocycles. The molecule has 44 heavy (non-hydrogen) atoms. The van der Waals surface area contributed by atoms with Crippen LogP contribution in [0.25, 0.3) is 77.4 Å². The summed E-state index contributed by atoms with van der Waals surface area (Å²) in [5.41, 5.74) is 11.6. The molecule has 3 heteroatoms. The molecule has 206 valence electrons. The SMILES string of the molecule is c1ccc(-c2cccc(-c3ccc4c(c3)c3ccccc3n4-c3cccc(-n4c5ccccc5c5ccccc54)c3)c2)nc1. The van der Waals surface area contributed by atoms with Crippen molar-refractivity contribution in [3.05, 3.63) is 164 Å². The van der Waals surface area contributed by atoms with E-state index in [9.17, 15) is 0 Å². The molecule has 9 rings (SSSR count). The number of hydrogen-bond acceptors (Lipinski definition) is 1. The topological polar surface area (TPSA) is 22.8 Å². The summed E-state index contributed by atoms with van der Waals surface area (Å²) < 4.78 is 4.78. The Morgan fingerprint density at radius 1 is 0.341 bits per heavy atom. The average Bonchev–Trinajstić information content (AvgIpc) is 3.61. The minimum Gasteiger partial charge on any atom is -0.309 e. The van der Waals surface area contributed by atoms with E-state index in [-0.39, 0.29) is 0 Å². The molecule has 0 atom stereocenters. The Bertz CT molecular complexity index is 2450. The number of nitrogens with zero attached hydrogens (tertiary/aromatic N) is 3. The van der Waals surface area contributed by atoms with Crippen molar-refractivity contribution < 1.29 is 0 Å². The Balaban J connectivity index is 1.23. The van der Waals surface area contributed by atoms with E-state index >= 15 is 0 Å². The van der Waals surface area contributed by atoms with Crippen LogP contribution in [0, 0.1) is 0 Å². The Kier molecular flexibility index (Phi) is 5.50. The fraction of sp³-hybridized carbons (Fsp3) is 0. The van der Waals surface area contributed by atoms with Crippen molar-refractivity contribution in [3.63, 3.8) is 0 Å². The maximum atomic E-state index is 4.57. The van der Waals surface area contributed by atoms with E-state index in [1.54, 1.807) is 0 Å². The van der Waals surface area contributed by atoms with Crippen LogP contribution in [0.1, 0.15) is 0 Å². The van der Waals surface area contributed by atoms with Gasteiger partial charge >= 0.3 is 0 Å². The van der Waals surface area contributed by atoms with Crippen LogP contribution in [0.5, 0.6) is 0 Å². The molecule has 3 nitrogen and oxygen atoms in total. The van der Waals surface area contributed by atoms with Gasteiger partial charge in [0.1, 0.15) is 0 Å². The minimum atomic E-state index is 0.982. The molecule has 0 fully saturated rings. The molecule has 0 aliphatic carbocycles. The zero-order valence-corrected chi connectivity index (χ0v) is 23.9. The molecule has 3 heterocycles. The largest absolute Gasteiger partial charge is 0.309 e. The first-order chi connectivity index (χ1) is 21.8. The maximum absolute atomic E-state index is 4.57. The number of rotatable bonds is 4. The van der Waals surface area contributed by atoms with Gasteiger partial charge in [-0.2, -0.15) is 0 Å². The molecule has 0 saturated carbocycles. The number of para-hydroxylation sites is 3. The smallest absolute Gasteiger partial charge is 0.0702 e. The highest BCUT2D eigenvalue weighted by molar-refractivity contribution is 6.11. The standard InChI is InChI=1S/C41H27N3/c1-4-19-38-33(15-1)34-16-2-5-20-39(34)43(38)31-13-10-14-32(27-31)44-40-21-6-3-17-35(40)36-26-29(22-23-41(36)44)28-11-9-12-30(25-28)37-18-7-8-24-42-37/h1-27H. The zero-order valence-electron chi connectivity index (χ0n) is 23.9. The predicted molar refractivity (Wildman–Crippen MR) is 184 cm³/mol. The second-order valence-electron chi connectivity index (χ2n) is 11.3. The van der Waals surface area contributed by atoms with Crippen LogP contribution in [0.2, 0.25) is 0 Å². The lowest BCUT2D eigenvalue weighted by Gasteiger charge is -2.13. The summed E-state index contributed by atoms with van der Waals surface area (Å²) in [7, 11) is 0. The van der Waals surface area contributed by atoms with E-state index < -0.39 is 0 Å². The van der Waals surface area contributed by atoms with Gasteiger partial charge in [0.05, 0.1) is 27.8 Å². The highest BCUT2D eigenvalue weighted by Crippen LogP contribution is 2.37. The molecule has 0 radical (unpaired) electrons. The van der Waals surface area contributed by atoms with E-state index in [2.05, 4.69) is 160 Å². The third-order valence-corrected chi connectivity index (χ3v) is 8.76. The van der Waals surface area contributed by atoms with Crippen molar-refractivity contribution in [1.29, 1.82) is 0 Å². The predicted octanol–water partition coefficient (Wildman–Crippen LogP) is 10.6. The van der Waals surface area contributed by atoms with Gasteiger partial charge in [-0.25, -0.2) is 0 Å². The fourth-order valence-corrected chi connectivity index (χ4v) is 6.79. The Hall–Kier alpha value is -5.93. The van der Waals surface area contributed by atoms with Gasteiger partial charge in [-0.15, -0.1) is 0 Å². The molecule has 0 unspecified atom stereocenters. The Labute approximate surface area is 254 Å². The molecular weight excluding hydrogens is 534 g/mol. The van der Waals surface area contributed by atoms with E-state index in [4.69, 9.17) is 0 Å². The first kappa shape index (κ1) is 24.6. The molecule has 3 aromatic heterocycles. The third kappa shape index (κ3) is 3.80. The van der Waals surface area contributed by atoms with Crippen LogP contribution in [-0.2, 0) is 0 Å². The number of pyridine rings is 1. The van der Waals surface area contributed by atoms with Crippen molar-refractivity contribution >= 4 is 43.6 Å². The third-order valence-electron chi connectivity index (χ3n) is 8.76. The van der Waals surface area contributed by atoms with Gasteiger partial charge in [0, 0.05) is 44.7 Å². The van der Waals surface area contributed by atoms with Gasteiger partial charge in [0.15, 0.2) is 0 Å². The van der Waals surface area contributed by atoms with Gasteiger partial charge in [0.25, 0.3) is 0 Å². The summed E-state index contributed by atoms with van der Waals surface area (Å²) in [6.45, 7) is 0. The Morgan fingerprint density at radius 3 is 1.50 bits per heavy atom. The lowest BCUT2D eigenvalue weighted by molar-refractivity contribution is 1.13. The molecular formula is C41H27N3. The van der Waals surface area contributed by atoms with Gasteiger partial charge in [-0.1, -0.05) is 91.0 Å². The number of aromatic nitrogens is 3.